The number of benzene rings is 1. The highest BCUT2D eigenvalue weighted by Gasteiger charge is 2.00. The number of para-hydroxylation sites is 1. The molecule has 6 heteroatoms. The van der Waals surface area contributed by atoms with E-state index in [0.29, 0.717) is 0 Å². The van der Waals surface area contributed by atoms with Crippen molar-refractivity contribution in [1.29, 1.82) is 0 Å². The van der Waals surface area contributed by atoms with E-state index in [1.54, 1.807) is 0 Å². The van der Waals surface area contributed by atoms with Crippen molar-refractivity contribution in [3.8, 4) is 17.2 Å². The largest absolute Gasteiger partial charge is 0.504 e. The summed E-state index contributed by atoms with van der Waals surface area (Å²) in [4.78, 5) is 10.7. The first-order valence-electron chi connectivity index (χ1n) is 3.96. The summed E-state index contributed by atoms with van der Waals surface area (Å²) in [7, 11) is 0. The lowest BCUT2D eigenvalue weighted by atomic mass is 10.3. The Labute approximate surface area is 85.5 Å². The molecule has 1 aromatic heterocycles. The van der Waals surface area contributed by atoms with Crippen molar-refractivity contribution in [3.05, 3.63) is 37.2 Å². The topological polar surface area (TPSA) is 99.4 Å². The fraction of sp³-hybridized carbons (Fsp3) is 0. The van der Waals surface area contributed by atoms with Crippen LogP contribution in [0.3, 0.4) is 0 Å². The highest BCUT2D eigenvalue weighted by molar-refractivity contribution is 5.47. The Morgan fingerprint density at radius 3 is 1.40 bits per heavy atom. The molecule has 0 aliphatic rings. The second-order valence-electron chi connectivity index (χ2n) is 2.44. The van der Waals surface area contributed by atoms with Gasteiger partial charge in [0.1, 0.15) is 19.0 Å². The molecule has 0 spiro atoms. The minimum Gasteiger partial charge on any atom is -0.504 e. The summed E-state index contributed by atoms with van der Waals surface area (Å²) in [5, 5.41) is 26.1. The molecule has 0 unspecified atom stereocenters. The SMILES string of the molecule is Oc1cccc(O)c1O.c1ncncn1. The number of nitrogens with zero attached hydrogens (tertiary/aromatic N) is 3. The van der Waals surface area contributed by atoms with Gasteiger partial charge in [-0.3, -0.25) is 0 Å². The van der Waals surface area contributed by atoms with Crippen LogP contribution in [-0.2, 0) is 0 Å². The van der Waals surface area contributed by atoms with Gasteiger partial charge < -0.3 is 15.3 Å². The van der Waals surface area contributed by atoms with E-state index in [1.807, 2.05) is 0 Å². The monoisotopic (exact) mass is 207 g/mol. The maximum atomic E-state index is 8.71. The maximum Gasteiger partial charge on any atom is 0.200 e. The van der Waals surface area contributed by atoms with Crippen LogP contribution in [0, 0.1) is 0 Å². The average Bonchev–Trinajstić information content (AvgIpc) is 2.29. The summed E-state index contributed by atoms with van der Waals surface area (Å²) >= 11 is 0. The smallest absolute Gasteiger partial charge is 0.200 e. The van der Waals surface area contributed by atoms with Gasteiger partial charge in [0.25, 0.3) is 0 Å². The minimum absolute atomic E-state index is 0.310. The number of phenolic OH excluding ortho intramolecular Hbond substituents is 3. The Morgan fingerprint density at radius 1 is 0.733 bits per heavy atom. The summed E-state index contributed by atoms with van der Waals surface area (Å²) in [6, 6.07) is 4.01. The van der Waals surface area contributed by atoms with Crippen molar-refractivity contribution in [2.24, 2.45) is 0 Å². The van der Waals surface area contributed by atoms with Crippen LogP contribution in [-0.4, -0.2) is 30.3 Å². The van der Waals surface area contributed by atoms with Gasteiger partial charge >= 0.3 is 0 Å². The lowest BCUT2D eigenvalue weighted by molar-refractivity contribution is 0.368. The third-order valence-corrected chi connectivity index (χ3v) is 1.39. The Kier molecular flexibility index (Phi) is 3.84. The van der Waals surface area contributed by atoms with E-state index >= 15 is 0 Å². The molecule has 3 N–H and O–H groups in total. The van der Waals surface area contributed by atoms with Crippen LogP contribution >= 0.6 is 0 Å². The summed E-state index contributed by atoms with van der Waals surface area (Å²) in [6.45, 7) is 0. The van der Waals surface area contributed by atoms with Gasteiger partial charge in [0, 0.05) is 0 Å². The van der Waals surface area contributed by atoms with E-state index in [9.17, 15) is 0 Å². The third-order valence-electron chi connectivity index (χ3n) is 1.39. The zero-order valence-electron chi connectivity index (χ0n) is 7.65. The lowest BCUT2D eigenvalue weighted by Crippen LogP contribution is -1.73. The number of hydrogen-bond acceptors (Lipinski definition) is 6. The van der Waals surface area contributed by atoms with E-state index in [0.717, 1.165) is 0 Å². The molecule has 1 heterocycles. The summed E-state index contributed by atoms with van der Waals surface area (Å²) in [5.74, 6) is -1.09. The van der Waals surface area contributed by atoms with Gasteiger partial charge in [0.15, 0.2) is 17.2 Å². The first-order chi connectivity index (χ1) is 7.22. The molecular formula is C9H9N3O3. The molecule has 0 amide bonds. The van der Waals surface area contributed by atoms with E-state index in [1.165, 1.54) is 37.2 Å². The van der Waals surface area contributed by atoms with E-state index in [2.05, 4.69) is 15.0 Å². The van der Waals surface area contributed by atoms with Crippen LogP contribution in [0.2, 0.25) is 0 Å². The molecule has 0 atom stereocenters. The zero-order chi connectivity index (χ0) is 11.1. The van der Waals surface area contributed by atoms with Crippen molar-refractivity contribution in [2.75, 3.05) is 0 Å². The van der Waals surface area contributed by atoms with Crippen LogP contribution in [0.4, 0.5) is 0 Å². The van der Waals surface area contributed by atoms with Gasteiger partial charge in [0.2, 0.25) is 0 Å². The molecule has 2 rings (SSSR count). The predicted molar refractivity (Wildman–Crippen MR) is 51.3 cm³/mol. The summed E-state index contributed by atoms with van der Waals surface area (Å²) in [6.07, 6.45) is 4.31. The van der Waals surface area contributed by atoms with Gasteiger partial charge in [0.05, 0.1) is 0 Å². The number of phenols is 3. The Bertz CT molecular complexity index is 362. The maximum absolute atomic E-state index is 8.71. The molecule has 1 aromatic carbocycles. The van der Waals surface area contributed by atoms with Crippen molar-refractivity contribution in [2.45, 2.75) is 0 Å². The first kappa shape index (κ1) is 10.7. The fourth-order valence-electron chi connectivity index (χ4n) is 0.724. The number of rotatable bonds is 0. The van der Waals surface area contributed by atoms with Gasteiger partial charge in [-0.15, -0.1) is 0 Å². The van der Waals surface area contributed by atoms with Crippen LogP contribution in [0.1, 0.15) is 0 Å². The average molecular weight is 207 g/mol. The molecule has 78 valence electrons. The highest BCUT2D eigenvalue weighted by Crippen LogP contribution is 2.32. The van der Waals surface area contributed by atoms with Crippen LogP contribution in [0.25, 0.3) is 0 Å². The van der Waals surface area contributed by atoms with Gasteiger partial charge in [-0.05, 0) is 12.1 Å². The van der Waals surface area contributed by atoms with Gasteiger partial charge in [-0.1, -0.05) is 6.07 Å². The van der Waals surface area contributed by atoms with Crippen molar-refractivity contribution in [1.82, 2.24) is 15.0 Å². The van der Waals surface area contributed by atoms with Crippen LogP contribution in [0.15, 0.2) is 37.2 Å². The molecule has 0 aliphatic heterocycles. The van der Waals surface area contributed by atoms with Crippen molar-refractivity contribution >= 4 is 0 Å². The Morgan fingerprint density at radius 2 is 1.13 bits per heavy atom. The number of aromatic nitrogens is 3. The third kappa shape index (κ3) is 3.47. The zero-order valence-corrected chi connectivity index (χ0v) is 7.65. The minimum atomic E-state index is -0.475. The molecule has 0 aliphatic carbocycles. The standard InChI is InChI=1S/C6H6O3.C3H3N3/c7-4-2-1-3-5(8)6(4)9;1-4-2-6-3-5-1/h1-3,7-9H;1-3H. The molecule has 0 fully saturated rings. The van der Waals surface area contributed by atoms with Crippen molar-refractivity contribution in [3.63, 3.8) is 0 Å². The molecule has 0 radical (unpaired) electrons. The summed E-state index contributed by atoms with van der Waals surface area (Å²) in [5.41, 5.74) is 0. The number of hydrogen-bond donors (Lipinski definition) is 3. The highest BCUT2D eigenvalue weighted by atomic mass is 16.3. The Balaban J connectivity index is 0.000000162. The molecule has 2 aromatic rings. The normalized spacial score (nSPS) is 8.80. The molecule has 0 saturated heterocycles. The second-order valence-corrected chi connectivity index (χ2v) is 2.44. The number of aromatic hydroxyl groups is 3. The van der Waals surface area contributed by atoms with E-state index in [-0.39, 0.29) is 11.5 Å². The van der Waals surface area contributed by atoms with Crippen molar-refractivity contribution < 1.29 is 15.3 Å². The molecule has 6 nitrogen and oxygen atoms in total. The fourth-order valence-corrected chi connectivity index (χ4v) is 0.724. The van der Waals surface area contributed by atoms with E-state index < -0.39 is 5.75 Å². The quantitative estimate of drug-likeness (QED) is 0.549. The van der Waals surface area contributed by atoms with Gasteiger partial charge in [-0.25, -0.2) is 15.0 Å². The Hall–Kier alpha value is -2.37. The van der Waals surface area contributed by atoms with Gasteiger partial charge in [-0.2, -0.15) is 0 Å². The van der Waals surface area contributed by atoms with Crippen LogP contribution in [0.5, 0.6) is 17.2 Å². The second kappa shape index (κ2) is 5.38. The van der Waals surface area contributed by atoms with E-state index in [4.69, 9.17) is 15.3 Å². The predicted octanol–water partition coefficient (Wildman–Crippen LogP) is 0.675. The molecule has 0 saturated carbocycles. The van der Waals surface area contributed by atoms with Crippen LogP contribution < -0.4 is 0 Å². The molecular weight excluding hydrogens is 198 g/mol. The molecule has 15 heavy (non-hydrogen) atoms. The summed E-state index contributed by atoms with van der Waals surface area (Å²) < 4.78 is 0. The molecule has 0 bridgehead atoms. The first-order valence-corrected chi connectivity index (χ1v) is 3.96. The lowest BCUT2D eigenvalue weighted by Gasteiger charge is -1.96.